The van der Waals surface area contributed by atoms with Gasteiger partial charge >= 0.3 is 0 Å². The first-order valence-corrected chi connectivity index (χ1v) is 10.6. The summed E-state index contributed by atoms with van der Waals surface area (Å²) in [6.45, 7) is 4.96. The summed E-state index contributed by atoms with van der Waals surface area (Å²) in [6, 6.07) is 13.4. The lowest BCUT2D eigenvalue weighted by Gasteiger charge is -2.36. The van der Waals surface area contributed by atoms with Crippen LogP contribution in [0.1, 0.15) is 28.8 Å². The van der Waals surface area contributed by atoms with Crippen molar-refractivity contribution in [3.05, 3.63) is 53.6 Å². The number of nitrogens with zero attached hydrogens (tertiary/aromatic N) is 3. The molecule has 0 unspecified atom stereocenters. The SMILES string of the molecule is Cc1cccc(N2CCN(C(=O)CCC(=O)c3ccc4c(c3)N(C)C(=O)CO4)CC2)c1. The quantitative estimate of drug-likeness (QED) is 0.695. The highest BCUT2D eigenvalue weighted by Gasteiger charge is 2.25. The van der Waals surface area contributed by atoms with Crippen molar-refractivity contribution >= 4 is 29.0 Å². The molecule has 2 amide bonds. The molecule has 0 aliphatic carbocycles. The molecule has 1 saturated heterocycles. The van der Waals surface area contributed by atoms with Gasteiger partial charge in [0.2, 0.25) is 5.91 Å². The van der Waals surface area contributed by atoms with Crippen LogP contribution in [0.4, 0.5) is 11.4 Å². The predicted molar refractivity (Wildman–Crippen MR) is 119 cm³/mol. The van der Waals surface area contributed by atoms with Crippen LogP contribution in [0.5, 0.6) is 5.75 Å². The molecule has 0 radical (unpaired) electrons. The number of carbonyl (C=O) groups is 3. The van der Waals surface area contributed by atoms with E-state index in [0.29, 0.717) is 30.1 Å². The zero-order valence-electron chi connectivity index (χ0n) is 18.0. The van der Waals surface area contributed by atoms with Crippen molar-refractivity contribution in [1.29, 1.82) is 0 Å². The van der Waals surface area contributed by atoms with Crippen molar-refractivity contribution in [1.82, 2.24) is 4.90 Å². The Labute approximate surface area is 182 Å². The molecule has 2 aromatic carbocycles. The summed E-state index contributed by atoms with van der Waals surface area (Å²) in [5.41, 5.74) is 3.47. The van der Waals surface area contributed by atoms with Gasteiger partial charge in [-0.15, -0.1) is 0 Å². The molecule has 162 valence electrons. The van der Waals surface area contributed by atoms with Crippen molar-refractivity contribution in [3.63, 3.8) is 0 Å². The van der Waals surface area contributed by atoms with Gasteiger partial charge in [0, 0.05) is 57.3 Å². The fourth-order valence-electron chi connectivity index (χ4n) is 4.01. The largest absolute Gasteiger partial charge is 0.482 e. The zero-order chi connectivity index (χ0) is 22.0. The second-order valence-corrected chi connectivity index (χ2v) is 8.05. The van der Waals surface area contributed by atoms with E-state index in [0.717, 1.165) is 13.1 Å². The fourth-order valence-corrected chi connectivity index (χ4v) is 4.01. The van der Waals surface area contributed by atoms with Gasteiger partial charge in [-0.2, -0.15) is 0 Å². The molecule has 0 atom stereocenters. The molecule has 0 aromatic heterocycles. The third kappa shape index (κ3) is 4.55. The maximum absolute atomic E-state index is 12.7. The van der Waals surface area contributed by atoms with E-state index in [2.05, 4.69) is 30.0 Å². The minimum atomic E-state index is -0.155. The number of anilines is 2. The summed E-state index contributed by atoms with van der Waals surface area (Å²) in [5.74, 6) is 0.324. The summed E-state index contributed by atoms with van der Waals surface area (Å²) in [5, 5.41) is 0. The van der Waals surface area contributed by atoms with Gasteiger partial charge in [-0.1, -0.05) is 12.1 Å². The smallest absolute Gasteiger partial charge is 0.264 e. The van der Waals surface area contributed by atoms with E-state index in [4.69, 9.17) is 4.74 Å². The van der Waals surface area contributed by atoms with Gasteiger partial charge < -0.3 is 19.4 Å². The molecular formula is C24H27N3O4. The number of ether oxygens (including phenoxy) is 1. The molecule has 31 heavy (non-hydrogen) atoms. The van der Waals surface area contributed by atoms with Gasteiger partial charge in [-0.25, -0.2) is 0 Å². The van der Waals surface area contributed by atoms with E-state index in [-0.39, 0.29) is 37.0 Å². The van der Waals surface area contributed by atoms with Crippen LogP contribution < -0.4 is 14.5 Å². The monoisotopic (exact) mass is 421 g/mol. The number of carbonyl (C=O) groups excluding carboxylic acids is 3. The number of ketones is 1. The number of benzene rings is 2. The van der Waals surface area contributed by atoms with Crippen LogP contribution in [0.25, 0.3) is 0 Å². The summed E-state index contributed by atoms with van der Waals surface area (Å²) < 4.78 is 5.40. The minimum Gasteiger partial charge on any atom is -0.482 e. The van der Waals surface area contributed by atoms with Gasteiger partial charge in [0.05, 0.1) is 5.69 Å². The summed E-state index contributed by atoms with van der Waals surface area (Å²) in [6.07, 6.45) is 0.333. The van der Waals surface area contributed by atoms with Crippen LogP contribution in [0.2, 0.25) is 0 Å². The molecule has 0 bridgehead atoms. The molecule has 2 heterocycles. The second kappa shape index (κ2) is 8.79. The van der Waals surface area contributed by atoms with Gasteiger partial charge in [0.15, 0.2) is 12.4 Å². The topological polar surface area (TPSA) is 70.2 Å². The van der Waals surface area contributed by atoms with E-state index in [1.165, 1.54) is 16.2 Å². The molecule has 7 heteroatoms. The van der Waals surface area contributed by atoms with E-state index in [1.807, 2.05) is 11.0 Å². The zero-order valence-corrected chi connectivity index (χ0v) is 18.0. The van der Waals surface area contributed by atoms with Crippen molar-refractivity contribution < 1.29 is 19.1 Å². The molecule has 2 aliphatic heterocycles. The average molecular weight is 421 g/mol. The van der Waals surface area contributed by atoms with Crippen LogP contribution in [0.15, 0.2) is 42.5 Å². The molecule has 2 aliphatic rings. The normalized spacial score (nSPS) is 16.1. The standard InChI is InChI=1S/C24H27N3O4/c1-17-4-3-5-19(14-17)26-10-12-27(13-11-26)23(29)9-7-21(28)18-6-8-22-20(15-18)25(2)24(30)16-31-22/h3-6,8,14-15H,7,9-13,16H2,1-2H3. The summed E-state index contributed by atoms with van der Waals surface area (Å²) in [4.78, 5) is 42.7. The number of amides is 2. The van der Waals surface area contributed by atoms with Crippen LogP contribution in [0.3, 0.4) is 0 Å². The Kier molecular flexibility index (Phi) is 5.93. The first kappa shape index (κ1) is 20.9. The Hall–Kier alpha value is -3.35. The lowest BCUT2D eigenvalue weighted by molar-refractivity contribution is -0.131. The molecule has 1 fully saturated rings. The highest BCUT2D eigenvalue weighted by Crippen LogP contribution is 2.32. The number of hydrogen-bond donors (Lipinski definition) is 0. The highest BCUT2D eigenvalue weighted by atomic mass is 16.5. The number of piperazine rings is 1. The molecule has 4 rings (SSSR count). The van der Waals surface area contributed by atoms with Crippen LogP contribution in [-0.4, -0.2) is 62.3 Å². The highest BCUT2D eigenvalue weighted by molar-refractivity contribution is 6.02. The van der Waals surface area contributed by atoms with Gasteiger partial charge in [0.1, 0.15) is 5.75 Å². The van der Waals surface area contributed by atoms with E-state index >= 15 is 0 Å². The van der Waals surface area contributed by atoms with Gasteiger partial charge in [-0.05, 0) is 42.8 Å². The van der Waals surface area contributed by atoms with E-state index < -0.39 is 0 Å². The molecular weight excluding hydrogens is 394 g/mol. The first-order valence-electron chi connectivity index (χ1n) is 10.6. The summed E-state index contributed by atoms with van der Waals surface area (Å²) >= 11 is 0. The number of fused-ring (bicyclic) bond motifs is 1. The lowest BCUT2D eigenvalue weighted by atomic mass is 10.0. The maximum Gasteiger partial charge on any atom is 0.264 e. The number of Topliss-reactive ketones (excluding diaryl/α,β-unsaturated/α-hetero) is 1. The fraction of sp³-hybridized carbons (Fsp3) is 0.375. The molecule has 7 nitrogen and oxygen atoms in total. The van der Waals surface area contributed by atoms with Crippen LogP contribution in [0, 0.1) is 6.92 Å². The Bertz CT molecular complexity index is 1010. The van der Waals surface area contributed by atoms with Crippen molar-refractivity contribution in [3.8, 4) is 5.75 Å². The Balaban J connectivity index is 1.30. The van der Waals surface area contributed by atoms with Crippen molar-refractivity contribution in [2.45, 2.75) is 19.8 Å². The van der Waals surface area contributed by atoms with Crippen molar-refractivity contribution in [2.24, 2.45) is 0 Å². The van der Waals surface area contributed by atoms with E-state index in [1.54, 1.807) is 25.2 Å². The van der Waals surface area contributed by atoms with Gasteiger partial charge in [-0.3, -0.25) is 14.4 Å². The molecule has 0 N–H and O–H groups in total. The van der Waals surface area contributed by atoms with Crippen LogP contribution in [-0.2, 0) is 9.59 Å². The number of hydrogen-bond acceptors (Lipinski definition) is 5. The average Bonchev–Trinajstić information content (AvgIpc) is 2.79. The Morgan fingerprint density at radius 1 is 1.00 bits per heavy atom. The number of likely N-dealkylation sites (N-methyl/N-ethyl adjacent to an activating group) is 1. The third-order valence-corrected chi connectivity index (χ3v) is 5.93. The number of rotatable bonds is 5. The Morgan fingerprint density at radius 2 is 1.77 bits per heavy atom. The first-order chi connectivity index (χ1) is 14.9. The van der Waals surface area contributed by atoms with Crippen molar-refractivity contribution in [2.75, 3.05) is 49.6 Å². The van der Waals surface area contributed by atoms with Crippen LogP contribution >= 0.6 is 0 Å². The molecule has 2 aromatic rings. The number of aryl methyl sites for hydroxylation is 1. The van der Waals surface area contributed by atoms with Gasteiger partial charge in [0.25, 0.3) is 5.91 Å². The molecule has 0 spiro atoms. The predicted octanol–water partition coefficient (Wildman–Crippen LogP) is 2.66. The second-order valence-electron chi connectivity index (χ2n) is 8.05. The third-order valence-electron chi connectivity index (χ3n) is 5.93. The minimum absolute atomic E-state index is 0.00242. The Morgan fingerprint density at radius 3 is 2.52 bits per heavy atom. The van der Waals surface area contributed by atoms with E-state index in [9.17, 15) is 14.4 Å². The lowest BCUT2D eigenvalue weighted by Crippen LogP contribution is -2.48. The summed E-state index contributed by atoms with van der Waals surface area (Å²) in [7, 11) is 1.66. The molecule has 0 saturated carbocycles. The maximum atomic E-state index is 12.7.